The number of aliphatic hydroxyl groups is 2. The number of anilines is 2. The lowest BCUT2D eigenvalue weighted by Gasteiger charge is -2.28. The van der Waals surface area contributed by atoms with Crippen LogP contribution in [-0.2, 0) is 23.1 Å². The summed E-state index contributed by atoms with van der Waals surface area (Å²) in [5, 5.41) is 18.5. The highest BCUT2D eigenvalue weighted by molar-refractivity contribution is 7.92. The van der Waals surface area contributed by atoms with Gasteiger partial charge in [-0.1, -0.05) is 54.6 Å². The third-order valence-electron chi connectivity index (χ3n) is 6.15. The predicted molar refractivity (Wildman–Crippen MR) is 158 cm³/mol. The number of rotatable bonds is 13. The fourth-order valence-electron chi connectivity index (χ4n) is 4.20. The van der Waals surface area contributed by atoms with Gasteiger partial charge in [-0.2, -0.15) is 0 Å². The molecule has 0 radical (unpaired) electrons. The first kappa shape index (κ1) is 28.9. The molecule has 0 bridgehead atoms. The zero-order valence-electron chi connectivity index (χ0n) is 22.5. The molecule has 0 aliphatic heterocycles. The Morgan fingerprint density at radius 3 is 2.15 bits per heavy atom. The molecule has 0 unspecified atom stereocenters. The van der Waals surface area contributed by atoms with Crippen molar-refractivity contribution in [1.29, 1.82) is 0 Å². The SMILES string of the molecule is Cc1c(NS(C)(=O)=O)cccc1N(Cc1ccccc1)Cc1ccc(Oc2cccc(OC[C@H](O)CO)c2)cc1. The van der Waals surface area contributed by atoms with E-state index in [9.17, 15) is 13.5 Å². The summed E-state index contributed by atoms with van der Waals surface area (Å²) in [5.74, 6) is 1.77. The van der Waals surface area contributed by atoms with Gasteiger partial charge in [-0.05, 0) is 60.0 Å². The first-order valence-corrected chi connectivity index (χ1v) is 14.7. The summed E-state index contributed by atoms with van der Waals surface area (Å²) in [4.78, 5) is 2.22. The number of nitrogens with one attached hydrogen (secondary N) is 1. The summed E-state index contributed by atoms with van der Waals surface area (Å²) in [7, 11) is -3.41. The van der Waals surface area contributed by atoms with Crippen LogP contribution in [0.1, 0.15) is 16.7 Å². The van der Waals surface area contributed by atoms with Gasteiger partial charge in [-0.25, -0.2) is 8.42 Å². The highest BCUT2D eigenvalue weighted by Gasteiger charge is 2.15. The molecular formula is C31H34N2O6S. The maximum absolute atomic E-state index is 11.9. The topological polar surface area (TPSA) is 108 Å². The molecule has 3 N–H and O–H groups in total. The van der Waals surface area contributed by atoms with E-state index in [2.05, 4.69) is 21.8 Å². The van der Waals surface area contributed by atoms with Crippen LogP contribution < -0.4 is 19.1 Å². The average Bonchev–Trinajstić information content (AvgIpc) is 2.94. The van der Waals surface area contributed by atoms with Gasteiger partial charge in [0.1, 0.15) is 30.0 Å². The predicted octanol–water partition coefficient (Wildman–Crippen LogP) is 5.10. The van der Waals surface area contributed by atoms with Crippen molar-refractivity contribution in [3.8, 4) is 17.2 Å². The second-order valence-corrected chi connectivity index (χ2v) is 11.3. The van der Waals surface area contributed by atoms with Crippen LogP contribution in [0.2, 0.25) is 0 Å². The number of nitrogens with zero attached hydrogens (tertiary/aromatic N) is 1. The van der Waals surface area contributed by atoms with Crippen LogP contribution in [0.15, 0.2) is 97.1 Å². The molecule has 0 amide bonds. The maximum atomic E-state index is 11.9. The van der Waals surface area contributed by atoms with E-state index >= 15 is 0 Å². The van der Waals surface area contributed by atoms with Crippen molar-refractivity contribution in [3.63, 3.8) is 0 Å². The summed E-state index contributed by atoms with van der Waals surface area (Å²) in [6.45, 7) is 2.77. The fraction of sp³-hybridized carbons (Fsp3) is 0.226. The van der Waals surface area contributed by atoms with E-state index in [-0.39, 0.29) is 13.2 Å². The minimum absolute atomic E-state index is 0.0131. The Bertz CT molecular complexity index is 1490. The van der Waals surface area contributed by atoms with E-state index in [1.54, 1.807) is 24.3 Å². The Hall–Kier alpha value is -4.05. The number of hydrogen-bond acceptors (Lipinski definition) is 7. The van der Waals surface area contributed by atoms with E-state index in [1.807, 2.05) is 67.6 Å². The van der Waals surface area contributed by atoms with Gasteiger partial charge in [0.15, 0.2) is 0 Å². The van der Waals surface area contributed by atoms with E-state index in [4.69, 9.17) is 14.6 Å². The summed E-state index contributed by atoms with van der Waals surface area (Å²) in [6.07, 6.45) is 0.205. The molecule has 0 aromatic heterocycles. The van der Waals surface area contributed by atoms with Gasteiger partial charge in [-0.3, -0.25) is 4.72 Å². The Balaban J connectivity index is 1.52. The van der Waals surface area contributed by atoms with Crippen molar-refractivity contribution >= 4 is 21.4 Å². The van der Waals surface area contributed by atoms with Crippen LogP contribution in [0.25, 0.3) is 0 Å². The normalized spacial score (nSPS) is 12.0. The molecule has 8 nitrogen and oxygen atoms in total. The van der Waals surface area contributed by atoms with Gasteiger partial charge in [-0.15, -0.1) is 0 Å². The number of hydrogen-bond donors (Lipinski definition) is 3. The lowest BCUT2D eigenvalue weighted by Crippen LogP contribution is -2.23. The van der Waals surface area contributed by atoms with Crippen molar-refractivity contribution < 1.29 is 28.1 Å². The van der Waals surface area contributed by atoms with Crippen molar-refractivity contribution in [2.75, 3.05) is 29.1 Å². The lowest BCUT2D eigenvalue weighted by atomic mass is 10.1. The molecule has 0 aliphatic carbocycles. The second kappa shape index (κ2) is 13.3. The van der Waals surface area contributed by atoms with E-state index < -0.39 is 16.1 Å². The highest BCUT2D eigenvalue weighted by atomic mass is 32.2. The zero-order chi connectivity index (χ0) is 28.5. The highest BCUT2D eigenvalue weighted by Crippen LogP contribution is 2.31. The maximum Gasteiger partial charge on any atom is 0.229 e. The Kier molecular flexibility index (Phi) is 9.65. The number of sulfonamides is 1. The molecule has 0 aliphatic rings. The first-order chi connectivity index (χ1) is 19.2. The third-order valence-corrected chi connectivity index (χ3v) is 6.74. The van der Waals surface area contributed by atoms with Gasteiger partial charge >= 0.3 is 0 Å². The van der Waals surface area contributed by atoms with Crippen LogP contribution in [0.5, 0.6) is 17.2 Å². The van der Waals surface area contributed by atoms with Crippen molar-refractivity contribution in [2.24, 2.45) is 0 Å². The van der Waals surface area contributed by atoms with Gasteiger partial charge < -0.3 is 24.6 Å². The van der Waals surface area contributed by atoms with Crippen molar-refractivity contribution in [3.05, 3.63) is 114 Å². The molecule has 4 aromatic rings. The largest absolute Gasteiger partial charge is 0.491 e. The van der Waals surface area contributed by atoms with E-state index in [0.29, 0.717) is 36.0 Å². The Labute approximate surface area is 235 Å². The number of benzene rings is 4. The number of ether oxygens (including phenoxy) is 2. The molecule has 9 heteroatoms. The molecule has 4 rings (SSSR count). The standard InChI is InChI=1S/C31H34N2O6S/c1-23-30(32-40(2,36)37)12-7-13-31(23)33(19-24-8-4-3-5-9-24)20-25-14-16-27(17-15-25)39-29-11-6-10-28(18-29)38-22-26(35)21-34/h3-18,26,32,34-35H,19-22H2,1-2H3/t26-/m1/s1. The van der Waals surface area contributed by atoms with Crippen LogP contribution in [0.3, 0.4) is 0 Å². The van der Waals surface area contributed by atoms with Gasteiger partial charge in [0.05, 0.1) is 18.6 Å². The smallest absolute Gasteiger partial charge is 0.229 e. The molecule has 0 fully saturated rings. The quantitative estimate of drug-likeness (QED) is 0.208. The van der Waals surface area contributed by atoms with Crippen LogP contribution in [-0.4, -0.2) is 44.2 Å². The summed E-state index contributed by atoms with van der Waals surface area (Å²) in [6, 6.07) is 30.6. The molecule has 0 saturated heterocycles. The third kappa shape index (κ3) is 8.47. The molecular weight excluding hydrogens is 528 g/mol. The minimum atomic E-state index is -3.41. The van der Waals surface area contributed by atoms with Gasteiger partial charge in [0.2, 0.25) is 10.0 Å². The summed E-state index contributed by atoms with van der Waals surface area (Å²) in [5.41, 5.74) is 4.52. The van der Waals surface area contributed by atoms with Crippen molar-refractivity contribution in [2.45, 2.75) is 26.1 Å². The molecule has 210 valence electrons. The molecule has 0 saturated carbocycles. The number of aliphatic hydroxyl groups excluding tert-OH is 2. The fourth-order valence-corrected chi connectivity index (χ4v) is 4.82. The van der Waals surface area contributed by atoms with E-state index in [0.717, 1.165) is 28.6 Å². The van der Waals surface area contributed by atoms with Gasteiger partial charge in [0.25, 0.3) is 0 Å². The molecule has 1 atom stereocenters. The van der Waals surface area contributed by atoms with Crippen LogP contribution in [0, 0.1) is 6.92 Å². The minimum Gasteiger partial charge on any atom is -0.491 e. The first-order valence-electron chi connectivity index (χ1n) is 12.8. The zero-order valence-corrected chi connectivity index (χ0v) is 23.3. The molecule has 0 heterocycles. The lowest BCUT2D eigenvalue weighted by molar-refractivity contribution is 0.0535. The molecule has 40 heavy (non-hydrogen) atoms. The van der Waals surface area contributed by atoms with Gasteiger partial charge in [0, 0.05) is 24.8 Å². The van der Waals surface area contributed by atoms with Crippen molar-refractivity contribution in [1.82, 2.24) is 0 Å². The molecule has 0 spiro atoms. The monoisotopic (exact) mass is 562 g/mol. The van der Waals surface area contributed by atoms with E-state index in [1.165, 1.54) is 0 Å². The summed E-state index contributed by atoms with van der Waals surface area (Å²) >= 11 is 0. The van der Waals surface area contributed by atoms with Crippen LogP contribution >= 0.6 is 0 Å². The average molecular weight is 563 g/mol. The molecule has 4 aromatic carbocycles. The summed E-state index contributed by atoms with van der Waals surface area (Å²) < 4.78 is 37.9. The Morgan fingerprint density at radius 2 is 1.48 bits per heavy atom. The van der Waals surface area contributed by atoms with Crippen LogP contribution in [0.4, 0.5) is 11.4 Å². The second-order valence-electron chi connectivity index (χ2n) is 9.53. The Morgan fingerprint density at radius 1 is 0.825 bits per heavy atom.